The van der Waals surface area contributed by atoms with Gasteiger partial charge in [0.15, 0.2) is 0 Å². The van der Waals surface area contributed by atoms with Crippen molar-refractivity contribution in [2.45, 2.75) is 0 Å². The van der Waals surface area contributed by atoms with E-state index in [1.54, 1.807) is 0 Å². The van der Waals surface area contributed by atoms with Crippen LogP contribution in [-0.2, 0) is 0 Å². The number of fused-ring (bicyclic) bond motifs is 11. The molecule has 0 aliphatic carbocycles. The van der Waals surface area contributed by atoms with Crippen LogP contribution in [0, 0.1) is 0 Å². The predicted molar refractivity (Wildman–Crippen MR) is 219 cm³/mol. The Bertz CT molecular complexity index is 3700. The number of hydrogen-bond acceptors (Lipinski definition) is 3. The third kappa shape index (κ3) is 3.46. The first kappa shape index (κ1) is 27.5. The van der Waals surface area contributed by atoms with Gasteiger partial charge in [0.05, 0.1) is 38.8 Å². The third-order valence-electron chi connectivity index (χ3n) is 11.5. The first-order chi connectivity index (χ1) is 26.3. The van der Waals surface area contributed by atoms with Gasteiger partial charge in [0.2, 0.25) is 5.95 Å². The van der Waals surface area contributed by atoms with Crippen LogP contribution in [-0.4, -0.2) is 18.9 Å². The van der Waals surface area contributed by atoms with E-state index in [1.807, 2.05) is 12.1 Å². The van der Waals surface area contributed by atoms with Crippen LogP contribution in [0.25, 0.3) is 121 Å². The van der Waals surface area contributed by atoms with Crippen LogP contribution in [0.4, 0.5) is 0 Å². The molecule has 0 aliphatic rings. The minimum absolute atomic E-state index is 0.638. The monoisotopic (exact) mass is 674 g/mol. The second kappa shape index (κ2) is 9.75. The number of para-hydroxylation sites is 3. The molecule has 5 nitrogen and oxygen atoms in total. The molecule has 0 saturated carbocycles. The minimum Gasteiger partial charge on any atom is -0.456 e. The Morgan fingerprint density at radius 1 is 0.415 bits per heavy atom. The van der Waals surface area contributed by atoms with Gasteiger partial charge in [0, 0.05) is 54.0 Å². The van der Waals surface area contributed by atoms with E-state index in [0.717, 1.165) is 71.4 Å². The van der Waals surface area contributed by atoms with Gasteiger partial charge in [0.1, 0.15) is 11.2 Å². The zero-order valence-corrected chi connectivity index (χ0v) is 28.2. The molecule has 0 atom stereocenters. The number of rotatable bonds is 2. The molecule has 13 rings (SSSR count). The Kier molecular flexibility index (Phi) is 5.06. The van der Waals surface area contributed by atoms with Crippen LogP contribution in [0.15, 0.2) is 162 Å². The summed E-state index contributed by atoms with van der Waals surface area (Å²) in [6.07, 6.45) is 0. The molecule has 0 N–H and O–H groups in total. The van der Waals surface area contributed by atoms with E-state index in [2.05, 4.69) is 155 Å². The van der Waals surface area contributed by atoms with Crippen molar-refractivity contribution in [3.63, 3.8) is 0 Å². The molecule has 5 heteroatoms. The van der Waals surface area contributed by atoms with Gasteiger partial charge < -0.3 is 8.82 Å². The summed E-state index contributed by atoms with van der Waals surface area (Å²) in [5, 5.41) is 12.8. The minimum atomic E-state index is 0.638. The van der Waals surface area contributed by atoms with Gasteiger partial charge in [-0.2, -0.15) is 0 Å². The fraction of sp³-hybridized carbons (Fsp3) is 0. The zero-order chi connectivity index (χ0) is 34.4. The fourth-order valence-corrected chi connectivity index (χ4v) is 9.25. The zero-order valence-electron chi connectivity index (χ0n) is 28.2. The van der Waals surface area contributed by atoms with E-state index >= 15 is 0 Å². The van der Waals surface area contributed by atoms with Crippen molar-refractivity contribution < 1.29 is 4.42 Å². The normalized spacial score (nSPS) is 12.5. The predicted octanol–water partition coefficient (Wildman–Crippen LogP) is 12.6. The van der Waals surface area contributed by atoms with Gasteiger partial charge in [-0.1, -0.05) is 109 Å². The summed E-state index contributed by atoms with van der Waals surface area (Å²) in [6.45, 7) is 0. The summed E-state index contributed by atoms with van der Waals surface area (Å²) in [7, 11) is 0. The molecule has 5 heterocycles. The van der Waals surface area contributed by atoms with E-state index in [1.165, 1.54) is 43.4 Å². The number of aromatic nitrogens is 4. The molecule has 8 aromatic carbocycles. The average molecular weight is 675 g/mol. The first-order valence-electron chi connectivity index (χ1n) is 18.0. The summed E-state index contributed by atoms with van der Waals surface area (Å²) >= 11 is 0. The van der Waals surface area contributed by atoms with Crippen LogP contribution < -0.4 is 0 Å². The van der Waals surface area contributed by atoms with E-state index in [-0.39, 0.29) is 0 Å². The Morgan fingerprint density at radius 3 is 1.98 bits per heavy atom. The Morgan fingerprint density at radius 2 is 1.06 bits per heavy atom. The quantitative estimate of drug-likeness (QED) is 0.172. The molecule has 0 saturated heterocycles. The molecule has 0 bridgehead atoms. The lowest BCUT2D eigenvalue weighted by Gasteiger charge is -2.13. The van der Waals surface area contributed by atoms with Crippen LogP contribution in [0.3, 0.4) is 0 Å². The standard InChI is InChI=1S/C48H26N4O/c1-2-11-29-27(10-1)22-25-36-45(28-23-24-32-31-13-4-6-21-41(31)53-42(32)26-28)49-48(50-46(29)36)52-38-18-8-14-33-35-16-7-15-34-30-12-3-5-17-37(30)51(47(34)35)39-19-9-20-40(52)44(39)43(33)38/h1-26H. The molecule has 0 amide bonds. The van der Waals surface area contributed by atoms with Gasteiger partial charge in [-0.15, -0.1) is 0 Å². The molecule has 53 heavy (non-hydrogen) atoms. The molecule has 0 fully saturated rings. The van der Waals surface area contributed by atoms with Gasteiger partial charge in [-0.25, -0.2) is 9.97 Å². The van der Waals surface area contributed by atoms with E-state index in [9.17, 15) is 0 Å². The SMILES string of the molecule is c1ccc2c(c1)ccc1c(-c3ccc4c(c3)oc3ccccc34)nc(-n3c4cccc5c6cccc7c8ccccc8n(c8cccc3c8c54)c67)nc12. The van der Waals surface area contributed by atoms with Gasteiger partial charge in [-0.3, -0.25) is 4.57 Å². The number of hydrogen-bond donors (Lipinski definition) is 0. The van der Waals surface area contributed by atoms with Crippen molar-refractivity contribution in [3.8, 4) is 17.2 Å². The maximum absolute atomic E-state index is 6.39. The number of nitrogens with zero attached hydrogens (tertiary/aromatic N) is 4. The summed E-state index contributed by atoms with van der Waals surface area (Å²) in [4.78, 5) is 11.0. The smallest absolute Gasteiger partial charge is 0.235 e. The molecule has 5 aromatic heterocycles. The van der Waals surface area contributed by atoms with Crippen molar-refractivity contribution in [3.05, 3.63) is 158 Å². The number of benzene rings is 8. The van der Waals surface area contributed by atoms with Crippen LogP contribution >= 0.6 is 0 Å². The van der Waals surface area contributed by atoms with Gasteiger partial charge in [-0.05, 0) is 59.3 Å². The lowest BCUT2D eigenvalue weighted by Crippen LogP contribution is -2.04. The lowest BCUT2D eigenvalue weighted by atomic mass is 10.0. The van der Waals surface area contributed by atoms with Crippen molar-refractivity contribution in [2.24, 2.45) is 0 Å². The van der Waals surface area contributed by atoms with Crippen molar-refractivity contribution >= 4 is 104 Å². The largest absolute Gasteiger partial charge is 0.456 e. The molecular weight excluding hydrogens is 649 g/mol. The van der Waals surface area contributed by atoms with E-state index in [0.29, 0.717) is 5.95 Å². The maximum Gasteiger partial charge on any atom is 0.235 e. The Labute approximate surface area is 300 Å². The van der Waals surface area contributed by atoms with Crippen molar-refractivity contribution in [2.75, 3.05) is 0 Å². The molecule has 0 unspecified atom stereocenters. The van der Waals surface area contributed by atoms with E-state index in [4.69, 9.17) is 14.4 Å². The van der Waals surface area contributed by atoms with Crippen LogP contribution in [0.2, 0.25) is 0 Å². The molecular formula is C48H26N4O. The Hall–Kier alpha value is -7.24. The number of furan rings is 1. The highest BCUT2D eigenvalue weighted by Gasteiger charge is 2.24. The highest BCUT2D eigenvalue weighted by atomic mass is 16.3. The molecule has 0 spiro atoms. The maximum atomic E-state index is 6.39. The second-order valence-electron chi connectivity index (χ2n) is 14.1. The highest BCUT2D eigenvalue weighted by Crippen LogP contribution is 2.44. The molecule has 0 aliphatic heterocycles. The molecule has 244 valence electrons. The van der Waals surface area contributed by atoms with Gasteiger partial charge >= 0.3 is 0 Å². The molecule has 13 aromatic rings. The average Bonchev–Trinajstić information content (AvgIpc) is 3.85. The highest BCUT2D eigenvalue weighted by molar-refractivity contribution is 6.31. The van der Waals surface area contributed by atoms with Crippen molar-refractivity contribution in [1.82, 2.24) is 18.9 Å². The van der Waals surface area contributed by atoms with E-state index < -0.39 is 0 Å². The van der Waals surface area contributed by atoms with Crippen LogP contribution in [0.5, 0.6) is 0 Å². The summed E-state index contributed by atoms with van der Waals surface area (Å²) in [5.74, 6) is 0.638. The van der Waals surface area contributed by atoms with Crippen LogP contribution in [0.1, 0.15) is 0 Å². The van der Waals surface area contributed by atoms with Gasteiger partial charge in [0.25, 0.3) is 0 Å². The lowest BCUT2D eigenvalue weighted by molar-refractivity contribution is 0.669. The third-order valence-corrected chi connectivity index (χ3v) is 11.5. The van der Waals surface area contributed by atoms with Crippen molar-refractivity contribution in [1.29, 1.82) is 0 Å². The summed E-state index contributed by atoms with van der Waals surface area (Å²) in [6, 6.07) is 56.3. The summed E-state index contributed by atoms with van der Waals surface area (Å²) < 4.78 is 11.1. The topological polar surface area (TPSA) is 48.3 Å². The Balaban J connectivity index is 1.20. The first-order valence-corrected chi connectivity index (χ1v) is 18.0. The second-order valence-corrected chi connectivity index (χ2v) is 14.1. The molecule has 0 radical (unpaired) electrons. The summed E-state index contributed by atoms with van der Waals surface area (Å²) in [5.41, 5.74) is 10.3. The fourth-order valence-electron chi connectivity index (χ4n) is 9.25.